The monoisotopic (exact) mass is 428 g/mol. The Morgan fingerprint density at radius 3 is 2.43 bits per heavy atom. The molecule has 2 amide bonds. The van der Waals surface area contributed by atoms with Crippen LogP contribution in [0.1, 0.15) is 49.7 Å². The van der Waals surface area contributed by atoms with E-state index in [9.17, 15) is 31.9 Å². The molecule has 1 spiro atoms. The zero-order chi connectivity index (χ0) is 21.9. The number of piperidine rings is 1. The van der Waals surface area contributed by atoms with Crippen LogP contribution in [0.25, 0.3) is 0 Å². The van der Waals surface area contributed by atoms with Crippen molar-refractivity contribution in [1.29, 1.82) is 0 Å². The van der Waals surface area contributed by atoms with Gasteiger partial charge in [-0.2, -0.15) is 13.2 Å². The van der Waals surface area contributed by atoms with Crippen molar-refractivity contribution in [2.24, 2.45) is 5.41 Å². The minimum Gasteiger partial charge on any atom is -0.322 e. The van der Waals surface area contributed by atoms with Crippen LogP contribution in [0.4, 0.5) is 17.6 Å². The Balaban J connectivity index is 1.55. The first-order valence-electron chi connectivity index (χ1n) is 9.62. The van der Waals surface area contributed by atoms with Crippen LogP contribution >= 0.6 is 0 Å². The molecule has 3 fully saturated rings. The summed E-state index contributed by atoms with van der Waals surface area (Å²) in [7, 11) is 0. The number of benzene rings is 1. The van der Waals surface area contributed by atoms with Crippen molar-refractivity contribution in [3.63, 3.8) is 0 Å². The number of nitrogens with zero attached hydrogens (tertiary/aromatic N) is 1. The molecule has 4 rings (SSSR count). The molecule has 1 unspecified atom stereocenters. The van der Waals surface area contributed by atoms with Crippen LogP contribution < -0.4 is 5.32 Å². The third-order valence-electron chi connectivity index (χ3n) is 6.55. The van der Waals surface area contributed by atoms with Crippen LogP contribution in [0.2, 0.25) is 0 Å². The number of amides is 2. The number of nitrogens with one attached hydrogen (secondary N) is 1. The van der Waals surface area contributed by atoms with Gasteiger partial charge in [0.05, 0.1) is 5.41 Å². The summed E-state index contributed by atoms with van der Waals surface area (Å²) in [4.78, 5) is 39.8. The Hall–Kier alpha value is -2.49. The summed E-state index contributed by atoms with van der Waals surface area (Å²) >= 11 is 0. The third-order valence-corrected chi connectivity index (χ3v) is 6.55. The number of hydroxylamine groups is 2. The van der Waals surface area contributed by atoms with E-state index in [1.165, 1.54) is 19.1 Å². The SMILES string of the molecule is CC1(c2ccc(C3CC4(CNC4)C3)cc2F)CCC(=O)N(OC(=O)C(F)(F)F)C1=O. The summed E-state index contributed by atoms with van der Waals surface area (Å²) in [6.07, 6.45) is -3.96. The minimum atomic E-state index is -5.38. The molecule has 1 saturated carbocycles. The van der Waals surface area contributed by atoms with Gasteiger partial charge in [-0.1, -0.05) is 12.1 Å². The molecule has 3 aliphatic rings. The van der Waals surface area contributed by atoms with E-state index < -0.39 is 35.2 Å². The van der Waals surface area contributed by atoms with Crippen LogP contribution in [-0.2, 0) is 24.6 Å². The molecule has 1 atom stereocenters. The minimum absolute atomic E-state index is 0.0452. The second-order valence-electron chi connectivity index (χ2n) is 8.65. The average Bonchev–Trinajstić information content (AvgIpc) is 2.59. The second-order valence-corrected chi connectivity index (χ2v) is 8.65. The Morgan fingerprint density at radius 1 is 1.23 bits per heavy atom. The summed E-state index contributed by atoms with van der Waals surface area (Å²) in [5.41, 5.74) is -0.580. The van der Waals surface area contributed by atoms with Crippen molar-refractivity contribution in [2.75, 3.05) is 13.1 Å². The van der Waals surface area contributed by atoms with Crippen molar-refractivity contribution in [1.82, 2.24) is 10.4 Å². The van der Waals surface area contributed by atoms with Gasteiger partial charge < -0.3 is 10.2 Å². The van der Waals surface area contributed by atoms with Crippen molar-refractivity contribution >= 4 is 17.8 Å². The molecule has 2 aliphatic heterocycles. The fourth-order valence-corrected chi connectivity index (χ4v) is 4.60. The van der Waals surface area contributed by atoms with Gasteiger partial charge in [0, 0.05) is 25.1 Å². The molecule has 1 aromatic rings. The fourth-order valence-electron chi connectivity index (χ4n) is 4.60. The van der Waals surface area contributed by atoms with Gasteiger partial charge in [0.25, 0.3) is 11.8 Å². The van der Waals surface area contributed by atoms with Gasteiger partial charge in [-0.25, -0.2) is 9.18 Å². The summed E-state index contributed by atoms with van der Waals surface area (Å²) in [6, 6.07) is 4.50. The lowest BCUT2D eigenvalue weighted by atomic mass is 9.57. The van der Waals surface area contributed by atoms with Gasteiger partial charge in [0.2, 0.25) is 0 Å². The normalized spacial score (nSPS) is 26.4. The van der Waals surface area contributed by atoms with E-state index in [1.54, 1.807) is 6.07 Å². The van der Waals surface area contributed by atoms with Crippen LogP contribution in [-0.4, -0.2) is 42.1 Å². The maximum absolute atomic E-state index is 15.0. The van der Waals surface area contributed by atoms with Gasteiger partial charge >= 0.3 is 12.1 Å². The zero-order valence-electron chi connectivity index (χ0n) is 16.1. The lowest BCUT2D eigenvalue weighted by Gasteiger charge is -2.54. The van der Waals surface area contributed by atoms with Gasteiger partial charge in [-0.15, -0.1) is 5.06 Å². The molecule has 6 nitrogen and oxygen atoms in total. The largest absolute Gasteiger partial charge is 0.493 e. The van der Waals surface area contributed by atoms with E-state index in [4.69, 9.17) is 0 Å². The number of hydrogen-bond acceptors (Lipinski definition) is 5. The fraction of sp³-hybridized carbons (Fsp3) is 0.550. The van der Waals surface area contributed by atoms with Crippen molar-refractivity contribution in [2.45, 2.75) is 50.1 Å². The van der Waals surface area contributed by atoms with E-state index >= 15 is 0 Å². The summed E-state index contributed by atoms with van der Waals surface area (Å²) in [5.74, 6) is -5.43. The molecule has 0 bridgehead atoms. The number of hydrogen-bond donors (Lipinski definition) is 1. The van der Waals surface area contributed by atoms with Crippen LogP contribution in [0.5, 0.6) is 0 Å². The molecule has 2 heterocycles. The molecular formula is C20H20F4N2O4. The van der Waals surface area contributed by atoms with E-state index in [0.29, 0.717) is 5.41 Å². The molecule has 0 aromatic heterocycles. The van der Waals surface area contributed by atoms with Crippen LogP contribution in [0.15, 0.2) is 18.2 Å². The topological polar surface area (TPSA) is 75.7 Å². The maximum atomic E-state index is 15.0. The average molecular weight is 428 g/mol. The molecule has 1 aliphatic carbocycles. The first-order chi connectivity index (χ1) is 14.0. The van der Waals surface area contributed by atoms with E-state index in [0.717, 1.165) is 31.5 Å². The molecule has 1 N–H and O–H groups in total. The van der Waals surface area contributed by atoms with Gasteiger partial charge in [0.15, 0.2) is 0 Å². The highest BCUT2D eigenvalue weighted by Crippen LogP contribution is 2.53. The van der Waals surface area contributed by atoms with Gasteiger partial charge in [-0.3, -0.25) is 9.59 Å². The summed E-state index contributed by atoms with van der Waals surface area (Å²) in [6.45, 7) is 3.24. The number of imide groups is 1. The summed E-state index contributed by atoms with van der Waals surface area (Å²) in [5, 5.41) is 3.04. The molecule has 2 saturated heterocycles. The smallest absolute Gasteiger partial charge is 0.322 e. The first-order valence-corrected chi connectivity index (χ1v) is 9.62. The number of rotatable bonds is 3. The Kier molecular flexibility index (Phi) is 4.68. The molecule has 0 radical (unpaired) electrons. The van der Waals surface area contributed by atoms with E-state index in [2.05, 4.69) is 10.2 Å². The van der Waals surface area contributed by atoms with Crippen molar-refractivity contribution in [3.8, 4) is 0 Å². The zero-order valence-corrected chi connectivity index (χ0v) is 16.1. The molecule has 162 valence electrons. The van der Waals surface area contributed by atoms with Crippen molar-refractivity contribution < 1.29 is 36.8 Å². The molecule has 30 heavy (non-hydrogen) atoms. The third kappa shape index (κ3) is 3.27. The highest BCUT2D eigenvalue weighted by atomic mass is 19.4. The Labute approximate surface area is 169 Å². The highest BCUT2D eigenvalue weighted by molar-refractivity contribution is 6.03. The Bertz CT molecular complexity index is 920. The first kappa shape index (κ1) is 20.8. The number of carbonyl (C=O) groups excluding carboxylic acids is 3. The predicted molar refractivity (Wildman–Crippen MR) is 94.3 cm³/mol. The quantitative estimate of drug-likeness (QED) is 0.592. The summed E-state index contributed by atoms with van der Waals surface area (Å²) < 4.78 is 52.5. The lowest BCUT2D eigenvalue weighted by Crippen LogP contribution is -2.59. The lowest BCUT2D eigenvalue weighted by molar-refractivity contribution is -0.239. The Morgan fingerprint density at radius 2 is 1.90 bits per heavy atom. The predicted octanol–water partition coefficient (Wildman–Crippen LogP) is 2.72. The molecule has 1 aromatic carbocycles. The number of halogens is 4. The number of alkyl halides is 3. The van der Waals surface area contributed by atoms with E-state index in [-0.39, 0.29) is 29.4 Å². The van der Waals surface area contributed by atoms with Crippen LogP contribution in [0.3, 0.4) is 0 Å². The second kappa shape index (κ2) is 6.76. The van der Waals surface area contributed by atoms with Gasteiger partial charge in [-0.05, 0) is 49.1 Å². The molecular weight excluding hydrogens is 408 g/mol. The standard InChI is InChI=1S/C20H20F4N2O4/c1-18(5-4-15(27)26(16(18)28)30-17(29)20(22,23)24)13-3-2-11(6-14(13)21)12-7-19(8-12)9-25-10-19/h2-3,6,12,25H,4-5,7-10H2,1H3. The van der Waals surface area contributed by atoms with Crippen molar-refractivity contribution in [3.05, 3.63) is 35.1 Å². The number of carbonyl (C=O) groups is 3. The highest BCUT2D eigenvalue weighted by Gasteiger charge is 2.52. The maximum Gasteiger partial charge on any atom is 0.493 e. The van der Waals surface area contributed by atoms with E-state index in [1.807, 2.05) is 0 Å². The van der Waals surface area contributed by atoms with Crippen LogP contribution in [0, 0.1) is 11.2 Å². The molecule has 10 heteroatoms. The van der Waals surface area contributed by atoms with Gasteiger partial charge in [0.1, 0.15) is 5.82 Å².